The van der Waals surface area contributed by atoms with Gasteiger partial charge in [0.2, 0.25) is 0 Å². The molecule has 0 unspecified atom stereocenters. The van der Waals surface area contributed by atoms with Crippen LogP contribution in [0.1, 0.15) is 15.9 Å². The Morgan fingerprint density at radius 3 is 2.70 bits per heavy atom. The van der Waals surface area contributed by atoms with Crippen molar-refractivity contribution in [2.45, 2.75) is 0 Å². The summed E-state index contributed by atoms with van der Waals surface area (Å²) < 4.78 is 1.62. The Hall–Kier alpha value is -4.14. The number of rotatable bonds is 5. The molecule has 0 atom stereocenters. The molecule has 0 aliphatic carbocycles. The maximum Gasteiger partial charge on any atom is 0.335 e. The van der Waals surface area contributed by atoms with Crippen LogP contribution in [0, 0.1) is 0 Å². The first kappa shape index (κ1) is 16.3. The minimum Gasteiger partial charge on any atom is -0.478 e. The van der Waals surface area contributed by atoms with E-state index in [0.29, 0.717) is 22.7 Å². The maximum absolute atomic E-state index is 10.9. The Balaban J connectivity index is 1.57. The SMILES string of the molecule is O=C(O)c1ccc(/C=N/Nc2ncnc3c2cnn3-c2ccccn2)cc1. The number of carbonyl (C=O) groups is 1. The molecular weight excluding hydrogens is 346 g/mol. The molecule has 0 radical (unpaired) electrons. The number of nitrogens with zero attached hydrogens (tertiary/aromatic N) is 6. The van der Waals surface area contributed by atoms with Crippen molar-refractivity contribution in [3.63, 3.8) is 0 Å². The predicted octanol–water partition coefficient (Wildman–Crippen LogP) is 2.35. The molecule has 0 fully saturated rings. The van der Waals surface area contributed by atoms with Crippen molar-refractivity contribution in [1.29, 1.82) is 0 Å². The molecule has 27 heavy (non-hydrogen) atoms. The topological polar surface area (TPSA) is 118 Å². The number of carboxylic acid groups (broad SMARTS) is 1. The zero-order valence-corrected chi connectivity index (χ0v) is 13.9. The van der Waals surface area contributed by atoms with Gasteiger partial charge >= 0.3 is 5.97 Å². The van der Waals surface area contributed by atoms with Crippen LogP contribution >= 0.6 is 0 Å². The van der Waals surface area contributed by atoms with Gasteiger partial charge in [0.25, 0.3) is 0 Å². The lowest BCUT2D eigenvalue weighted by molar-refractivity contribution is 0.0697. The van der Waals surface area contributed by atoms with Crippen LogP contribution in [0.15, 0.2) is 66.3 Å². The van der Waals surface area contributed by atoms with Crippen LogP contribution in [0.5, 0.6) is 0 Å². The number of carboxylic acids is 1. The van der Waals surface area contributed by atoms with Crippen LogP contribution in [0.2, 0.25) is 0 Å². The summed E-state index contributed by atoms with van der Waals surface area (Å²) in [6.07, 6.45) is 6.32. The Bertz CT molecular complexity index is 1120. The lowest BCUT2D eigenvalue weighted by Gasteiger charge is -2.03. The highest BCUT2D eigenvalue weighted by Crippen LogP contribution is 2.20. The summed E-state index contributed by atoms with van der Waals surface area (Å²) in [7, 11) is 0. The predicted molar refractivity (Wildman–Crippen MR) is 99.1 cm³/mol. The van der Waals surface area contributed by atoms with E-state index in [0.717, 1.165) is 5.56 Å². The maximum atomic E-state index is 10.9. The van der Waals surface area contributed by atoms with E-state index in [1.54, 1.807) is 35.4 Å². The number of anilines is 1. The minimum absolute atomic E-state index is 0.222. The highest BCUT2D eigenvalue weighted by molar-refractivity contribution is 5.90. The Morgan fingerprint density at radius 2 is 1.96 bits per heavy atom. The van der Waals surface area contributed by atoms with Gasteiger partial charge in [-0.15, -0.1) is 0 Å². The van der Waals surface area contributed by atoms with Gasteiger partial charge in [0.1, 0.15) is 6.33 Å². The van der Waals surface area contributed by atoms with E-state index in [9.17, 15) is 4.79 Å². The molecule has 132 valence electrons. The van der Waals surface area contributed by atoms with Crippen molar-refractivity contribution < 1.29 is 9.90 Å². The van der Waals surface area contributed by atoms with Gasteiger partial charge < -0.3 is 5.11 Å². The third kappa shape index (κ3) is 3.33. The molecule has 9 heteroatoms. The number of fused-ring (bicyclic) bond motifs is 1. The molecule has 2 N–H and O–H groups in total. The number of hydrazone groups is 1. The fourth-order valence-corrected chi connectivity index (χ4v) is 2.46. The van der Waals surface area contributed by atoms with E-state index in [4.69, 9.17) is 5.11 Å². The average molecular weight is 359 g/mol. The summed E-state index contributed by atoms with van der Waals surface area (Å²) in [5, 5.41) is 18.1. The lowest BCUT2D eigenvalue weighted by atomic mass is 10.1. The standard InChI is InChI=1S/C18H13N7O2/c26-18(27)13-6-4-12(5-7-13)9-22-24-16-14-10-23-25(17(14)21-11-20-16)15-3-1-2-8-19-15/h1-11H,(H,26,27)(H,20,21,24)/b22-9+. The number of aromatic carboxylic acids is 1. The van der Waals surface area contributed by atoms with Gasteiger partial charge in [-0.2, -0.15) is 14.9 Å². The molecule has 0 amide bonds. The molecule has 4 rings (SSSR count). The third-order valence-electron chi connectivity index (χ3n) is 3.77. The second kappa shape index (κ2) is 7.00. The Kier molecular flexibility index (Phi) is 4.24. The summed E-state index contributed by atoms with van der Waals surface area (Å²) in [5.41, 5.74) is 4.44. The number of aromatic nitrogens is 5. The average Bonchev–Trinajstić information content (AvgIpc) is 3.14. The van der Waals surface area contributed by atoms with Crippen molar-refractivity contribution >= 4 is 29.0 Å². The summed E-state index contributed by atoms with van der Waals surface area (Å²) in [5.74, 6) is 0.185. The first-order valence-electron chi connectivity index (χ1n) is 7.95. The number of pyridine rings is 1. The molecule has 0 saturated carbocycles. The summed E-state index contributed by atoms with van der Waals surface area (Å²) >= 11 is 0. The van der Waals surface area contributed by atoms with Crippen molar-refractivity contribution in [2.75, 3.05) is 5.43 Å². The summed E-state index contributed by atoms with van der Waals surface area (Å²) in [4.78, 5) is 23.6. The van der Waals surface area contributed by atoms with Gasteiger partial charge in [0.05, 0.1) is 23.4 Å². The third-order valence-corrected chi connectivity index (χ3v) is 3.77. The lowest BCUT2D eigenvalue weighted by Crippen LogP contribution is -2.01. The van der Waals surface area contributed by atoms with E-state index < -0.39 is 5.97 Å². The highest BCUT2D eigenvalue weighted by atomic mass is 16.4. The van der Waals surface area contributed by atoms with Crippen molar-refractivity contribution in [2.24, 2.45) is 5.10 Å². The monoisotopic (exact) mass is 359 g/mol. The van der Waals surface area contributed by atoms with E-state index in [-0.39, 0.29) is 5.56 Å². The molecular formula is C18H13N7O2. The fraction of sp³-hybridized carbons (Fsp3) is 0. The first-order valence-corrected chi connectivity index (χ1v) is 7.95. The Morgan fingerprint density at radius 1 is 1.11 bits per heavy atom. The molecule has 3 heterocycles. The molecule has 4 aromatic rings. The van der Waals surface area contributed by atoms with Crippen LogP contribution in [0.25, 0.3) is 16.9 Å². The second-order valence-corrected chi connectivity index (χ2v) is 5.50. The van der Waals surface area contributed by atoms with Gasteiger partial charge in [-0.05, 0) is 29.8 Å². The van der Waals surface area contributed by atoms with Crippen LogP contribution in [-0.2, 0) is 0 Å². The number of nitrogens with one attached hydrogen (secondary N) is 1. The molecule has 0 aliphatic heterocycles. The van der Waals surface area contributed by atoms with Crippen LogP contribution in [0.4, 0.5) is 5.82 Å². The first-order chi connectivity index (χ1) is 13.2. The smallest absolute Gasteiger partial charge is 0.335 e. The van der Waals surface area contributed by atoms with Gasteiger partial charge in [-0.1, -0.05) is 18.2 Å². The second-order valence-electron chi connectivity index (χ2n) is 5.50. The highest BCUT2D eigenvalue weighted by Gasteiger charge is 2.11. The van der Waals surface area contributed by atoms with Gasteiger partial charge in [-0.3, -0.25) is 5.43 Å². The molecule has 0 saturated heterocycles. The molecule has 9 nitrogen and oxygen atoms in total. The van der Waals surface area contributed by atoms with Crippen LogP contribution < -0.4 is 5.43 Å². The summed E-state index contributed by atoms with van der Waals surface area (Å²) in [6, 6.07) is 11.9. The van der Waals surface area contributed by atoms with Gasteiger partial charge in [0.15, 0.2) is 17.3 Å². The zero-order valence-electron chi connectivity index (χ0n) is 13.9. The van der Waals surface area contributed by atoms with Gasteiger partial charge in [-0.25, -0.2) is 19.7 Å². The molecule has 1 aromatic carbocycles. The minimum atomic E-state index is -0.968. The number of benzene rings is 1. The number of hydrogen-bond acceptors (Lipinski definition) is 7. The Labute approximate surface area is 153 Å². The zero-order chi connectivity index (χ0) is 18.6. The van der Waals surface area contributed by atoms with E-state index in [1.165, 1.54) is 18.5 Å². The molecule has 0 spiro atoms. The largest absolute Gasteiger partial charge is 0.478 e. The van der Waals surface area contributed by atoms with Crippen LogP contribution in [0.3, 0.4) is 0 Å². The normalized spacial score (nSPS) is 11.1. The van der Waals surface area contributed by atoms with Crippen molar-refractivity contribution in [3.05, 3.63) is 72.3 Å². The van der Waals surface area contributed by atoms with Crippen LogP contribution in [-0.4, -0.2) is 42.0 Å². The number of hydrogen-bond donors (Lipinski definition) is 2. The quantitative estimate of drug-likeness (QED) is 0.415. The fourth-order valence-electron chi connectivity index (χ4n) is 2.46. The van der Waals surface area contributed by atoms with Crippen molar-refractivity contribution in [3.8, 4) is 5.82 Å². The van der Waals surface area contributed by atoms with E-state index in [1.807, 2.05) is 18.2 Å². The van der Waals surface area contributed by atoms with E-state index >= 15 is 0 Å². The van der Waals surface area contributed by atoms with E-state index in [2.05, 4.69) is 30.6 Å². The molecule has 0 aliphatic rings. The van der Waals surface area contributed by atoms with Gasteiger partial charge in [0, 0.05) is 6.20 Å². The molecule has 0 bridgehead atoms. The molecule has 3 aromatic heterocycles. The summed E-state index contributed by atoms with van der Waals surface area (Å²) in [6.45, 7) is 0. The van der Waals surface area contributed by atoms with Crippen molar-refractivity contribution in [1.82, 2.24) is 24.7 Å².